The molecule has 0 fully saturated rings. The maximum absolute atomic E-state index is 12.6. The highest BCUT2D eigenvalue weighted by atomic mass is 32.2. The first-order valence-corrected chi connectivity index (χ1v) is 12.1. The van der Waals surface area contributed by atoms with Crippen LogP contribution >= 0.6 is 23.1 Å². The van der Waals surface area contributed by atoms with Crippen molar-refractivity contribution >= 4 is 40.6 Å². The average Bonchev–Trinajstić information content (AvgIpc) is 3.48. The summed E-state index contributed by atoms with van der Waals surface area (Å²) in [7, 11) is 3.39. The van der Waals surface area contributed by atoms with Crippen molar-refractivity contribution in [2.24, 2.45) is 0 Å². The predicted molar refractivity (Wildman–Crippen MR) is 132 cm³/mol. The van der Waals surface area contributed by atoms with Crippen molar-refractivity contribution in [2.75, 3.05) is 25.2 Å². The van der Waals surface area contributed by atoms with E-state index in [1.807, 2.05) is 46.3 Å². The first kappa shape index (κ1) is 22.8. The summed E-state index contributed by atoms with van der Waals surface area (Å²) in [6.45, 7) is 0. The molecule has 2 amide bonds. The number of benzene rings is 2. The van der Waals surface area contributed by atoms with Gasteiger partial charge in [0.1, 0.15) is 5.82 Å². The number of carbonyl (C=O) groups is 2. The van der Waals surface area contributed by atoms with Gasteiger partial charge >= 0.3 is 0 Å². The molecule has 0 aliphatic heterocycles. The first-order chi connectivity index (χ1) is 16.0. The van der Waals surface area contributed by atoms with Crippen LogP contribution in [0.3, 0.4) is 0 Å². The third-order valence-corrected chi connectivity index (χ3v) is 6.56. The monoisotopic (exact) mass is 477 g/mol. The predicted octanol–water partition coefficient (Wildman–Crippen LogP) is 4.35. The molecule has 0 unspecified atom stereocenters. The lowest BCUT2D eigenvalue weighted by Crippen LogP contribution is -2.22. The van der Waals surface area contributed by atoms with Crippen LogP contribution in [-0.4, -0.2) is 51.3 Å². The number of hydrogen-bond acceptors (Lipinski definition) is 6. The maximum atomic E-state index is 12.6. The topological polar surface area (TPSA) is 80.1 Å². The number of aromatic nitrogens is 3. The number of carbonyl (C=O) groups excluding carboxylic acids is 2. The minimum atomic E-state index is -0.183. The lowest BCUT2D eigenvalue weighted by molar-refractivity contribution is -0.113. The summed E-state index contributed by atoms with van der Waals surface area (Å²) in [6, 6.07) is 20.9. The van der Waals surface area contributed by atoms with Crippen molar-refractivity contribution in [1.82, 2.24) is 19.7 Å². The summed E-state index contributed by atoms with van der Waals surface area (Å²) >= 11 is 3.00. The lowest BCUT2D eigenvalue weighted by Gasteiger charge is -2.12. The van der Waals surface area contributed by atoms with Gasteiger partial charge in [-0.1, -0.05) is 42.1 Å². The molecule has 0 aliphatic rings. The van der Waals surface area contributed by atoms with E-state index in [1.165, 1.54) is 21.5 Å². The van der Waals surface area contributed by atoms with Crippen LogP contribution in [-0.2, 0) is 11.2 Å². The van der Waals surface area contributed by atoms with E-state index in [0.717, 1.165) is 11.5 Å². The third kappa shape index (κ3) is 5.68. The molecule has 1 N–H and O–H groups in total. The van der Waals surface area contributed by atoms with E-state index in [4.69, 9.17) is 0 Å². The van der Waals surface area contributed by atoms with Crippen LogP contribution in [0.4, 0.5) is 5.69 Å². The van der Waals surface area contributed by atoms with Crippen LogP contribution in [0.25, 0.3) is 5.69 Å². The number of hydrogen-bond donors (Lipinski definition) is 1. The van der Waals surface area contributed by atoms with Crippen LogP contribution in [0.15, 0.2) is 77.3 Å². The minimum absolute atomic E-state index is 0.116. The fourth-order valence-electron chi connectivity index (χ4n) is 3.23. The minimum Gasteiger partial charge on any atom is -0.345 e. The highest BCUT2D eigenvalue weighted by Gasteiger charge is 2.17. The molecule has 9 heteroatoms. The second-order valence-electron chi connectivity index (χ2n) is 7.44. The molecule has 0 saturated heterocycles. The van der Waals surface area contributed by atoms with Gasteiger partial charge in [0, 0.05) is 42.3 Å². The number of nitrogens with zero attached hydrogens (tertiary/aromatic N) is 4. The van der Waals surface area contributed by atoms with Gasteiger partial charge in [0.2, 0.25) is 5.91 Å². The number of rotatable bonds is 8. The van der Waals surface area contributed by atoms with E-state index >= 15 is 0 Å². The molecule has 0 atom stereocenters. The second-order valence-corrected chi connectivity index (χ2v) is 9.42. The summed E-state index contributed by atoms with van der Waals surface area (Å²) in [5.41, 5.74) is 2.05. The lowest BCUT2D eigenvalue weighted by atomic mass is 10.2. The number of thiophene rings is 1. The van der Waals surface area contributed by atoms with Crippen molar-refractivity contribution in [3.05, 3.63) is 88.4 Å². The van der Waals surface area contributed by atoms with Crippen LogP contribution in [0.2, 0.25) is 0 Å². The van der Waals surface area contributed by atoms with Gasteiger partial charge < -0.3 is 10.2 Å². The summed E-state index contributed by atoms with van der Waals surface area (Å²) in [4.78, 5) is 27.5. The van der Waals surface area contributed by atoms with Crippen molar-refractivity contribution < 1.29 is 9.59 Å². The average molecular weight is 478 g/mol. The third-order valence-electron chi connectivity index (χ3n) is 4.76. The Morgan fingerprint density at radius 1 is 1.03 bits per heavy atom. The Morgan fingerprint density at radius 2 is 1.85 bits per heavy atom. The van der Waals surface area contributed by atoms with Crippen molar-refractivity contribution in [3.63, 3.8) is 0 Å². The van der Waals surface area contributed by atoms with Gasteiger partial charge in [0.25, 0.3) is 5.91 Å². The summed E-state index contributed by atoms with van der Waals surface area (Å²) in [5.74, 6) is 0.684. The Kier molecular flexibility index (Phi) is 7.21. The molecule has 33 heavy (non-hydrogen) atoms. The number of thioether (sulfide) groups is 1. The fraction of sp³-hybridized carbons (Fsp3) is 0.167. The van der Waals surface area contributed by atoms with Crippen LogP contribution in [0.1, 0.15) is 21.1 Å². The van der Waals surface area contributed by atoms with E-state index in [0.29, 0.717) is 22.8 Å². The number of amides is 2. The summed E-state index contributed by atoms with van der Waals surface area (Å²) in [6.07, 6.45) is 0.666. The van der Waals surface area contributed by atoms with Crippen molar-refractivity contribution in [2.45, 2.75) is 11.6 Å². The molecule has 4 rings (SSSR count). The zero-order chi connectivity index (χ0) is 23.2. The van der Waals surface area contributed by atoms with E-state index in [1.54, 1.807) is 49.7 Å². The molecule has 0 radical (unpaired) electrons. The Balaban J connectivity index is 1.48. The standard InChI is InChI=1S/C24H23N5O2S2/c1-28(2)23(31)17-8-6-9-18(14-17)25-22(30)16-33-24-27-26-21(15-20-12-7-13-32-20)29(24)19-10-4-3-5-11-19/h3-14H,15-16H2,1-2H3,(H,25,30). The number of anilines is 1. The molecule has 0 aliphatic carbocycles. The molecule has 0 spiro atoms. The molecule has 168 valence electrons. The Labute approximate surface area is 200 Å². The normalized spacial score (nSPS) is 10.7. The van der Waals surface area contributed by atoms with E-state index in [-0.39, 0.29) is 17.6 Å². The van der Waals surface area contributed by atoms with Crippen molar-refractivity contribution in [3.8, 4) is 5.69 Å². The van der Waals surface area contributed by atoms with Gasteiger partial charge in [-0.25, -0.2) is 0 Å². The highest BCUT2D eigenvalue weighted by molar-refractivity contribution is 7.99. The summed E-state index contributed by atoms with van der Waals surface area (Å²) < 4.78 is 1.99. The second kappa shape index (κ2) is 10.5. The van der Waals surface area contributed by atoms with Crippen molar-refractivity contribution in [1.29, 1.82) is 0 Å². The quantitative estimate of drug-likeness (QED) is 0.382. The van der Waals surface area contributed by atoms with E-state index in [2.05, 4.69) is 21.6 Å². The zero-order valence-corrected chi connectivity index (χ0v) is 19.9. The highest BCUT2D eigenvalue weighted by Crippen LogP contribution is 2.25. The van der Waals surface area contributed by atoms with Gasteiger partial charge in [0.05, 0.1) is 5.75 Å². The smallest absolute Gasteiger partial charge is 0.253 e. The zero-order valence-electron chi connectivity index (χ0n) is 18.3. The molecule has 7 nitrogen and oxygen atoms in total. The molecule has 0 saturated carbocycles. The fourth-order valence-corrected chi connectivity index (χ4v) is 4.70. The largest absolute Gasteiger partial charge is 0.345 e. The van der Waals surface area contributed by atoms with Gasteiger partial charge in [-0.2, -0.15) is 0 Å². The molecular weight excluding hydrogens is 454 g/mol. The Hall–Kier alpha value is -3.43. The Bertz CT molecular complexity index is 1240. The van der Waals surface area contributed by atoms with E-state index in [9.17, 15) is 9.59 Å². The van der Waals surface area contributed by atoms with Crippen LogP contribution in [0.5, 0.6) is 0 Å². The van der Waals surface area contributed by atoms with Gasteiger partial charge in [0.15, 0.2) is 5.16 Å². The molecule has 2 heterocycles. The van der Waals surface area contributed by atoms with Crippen LogP contribution < -0.4 is 5.32 Å². The molecule has 0 bridgehead atoms. The summed E-state index contributed by atoms with van der Waals surface area (Å²) in [5, 5.41) is 14.3. The van der Waals surface area contributed by atoms with Gasteiger partial charge in [-0.3, -0.25) is 14.2 Å². The molecule has 4 aromatic rings. The maximum Gasteiger partial charge on any atom is 0.253 e. The molecule has 2 aromatic heterocycles. The number of nitrogens with one attached hydrogen (secondary N) is 1. The number of para-hydroxylation sites is 1. The SMILES string of the molecule is CN(C)C(=O)c1cccc(NC(=O)CSc2nnc(Cc3cccs3)n2-c2ccccc2)c1. The Morgan fingerprint density at radius 3 is 2.58 bits per heavy atom. The molecular formula is C24H23N5O2S2. The first-order valence-electron chi connectivity index (χ1n) is 10.3. The van der Waals surface area contributed by atoms with E-state index < -0.39 is 0 Å². The molecule has 2 aromatic carbocycles. The van der Waals surface area contributed by atoms with Crippen LogP contribution in [0, 0.1) is 0 Å². The van der Waals surface area contributed by atoms with Gasteiger partial charge in [-0.15, -0.1) is 21.5 Å². The van der Waals surface area contributed by atoms with Gasteiger partial charge in [-0.05, 0) is 41.8 Å².